The lowest BCUT2D eigenvalue weighted by molar-refractivity contribution is 0.601. The van der Waals surface area contributed by atoms with Crippen molar-refractivity contribution >= 4 is 26.6 Å². The van der Waals surface area contributed by atoms with E-state index >= 15 is 0 Å². The molecule has 0 aliphatic carbocycles. The van der Waals surface area contributed by atoms with E-state index in [1.165, 1.54) is 12.1 Å². The first-order valence-electron chi connectivity index (χ1n) is 8.51. The summed E-state index contributed by atoms with van der Waals surface area (Å²) in [5.41, 5.74) is 3.64. The summed E-state index contributed by atoms with van der Waals surface area (Å²) < 4.78 is 28.5. The van der Waals surface area contributed by atoms with Crippen molar-refractivity contribution in [3.8, 4) is 23.3 Å². The van der Waals surface area contributed by atoms with Crippen molar-refractivity contribution in [3.05, 3.63) is 65.6 Å². The van der Waals surface area contributed by atoms with Crippen molar-refractivity contribution in [2.45, 2.75) is 11.8 Å². The SMILES string of the molecule is Cc1ccc(NS(=O)(=O)c2ccc(-c3cn[nH]c3)c(C#N)c2)c2[nH]cc(C#N)c12. The van der Waals surface area contributed by atoms with Crippen molar-refractivity contribution in [3.63, 3.8) is 0 Å². The van der Waals surface area contributed by atoms with Crippen LogP contribution >= 0.6 is 0 Å². The quantitative estimate of drug-likeness (QED) is 0.480. The van der Waals surface area contributed by atoms with Gasteiger partial charge in [-0.25, -0.2) is 8.42 Å². The van der Waals surface area contributed by atoms with Crippen LogP contribution in [0.5, 0.6) is 0 Å². The molecule has 0 bridgehead atoms. The summed E-state index contributed by atoms with van der Waals surface area (Å²) in [5, 5.41) is 25.9. The molecule has 0 aliphatic heterocycles. The molecule has 0 fully saturated rings. The molecule has 2 heterocycles. The van der Waals surface area contributed by atoms with E-state index in [9.17, 15) is 18.9 Å². The van der Waals surface area contributed by atoms with Crippen LogP contribution in [0.1, 0.15) is 16.7 Å². The number of anilines is 1. The maximum absolute atomic E-state index is 13.0. The predicted octanol–water partition coefficient (Wildman–Crippen LogP) is 3.41. The Bertz CT molecular complexity index is 1420. The van der Waals surface area contributed by atoms with E-state index in [0.29, 0.717) is 33.3 Å². The summed E-state index contributed by atoms with van der Waals surface area (Å²) in [4.78, 5) is 2.92. The third-order valence-corrected chi connectivity index (χ3v) is 6.00. The minimum Gasteiger partial charge on any atom is -0.358 e. The van der Waals surface area contributed by atoms with Gasteiger partial charge in [0, 0.05) is 28.9 Å². The normalized spacial score (nSPS) is 11.1. The number of nitrogens with zero attached hydrogens (tertiary/aromatic N) is 3. The molecular formula is C20H14N6O2S. The highest BCUT2D eigenvalue weighted by molar-refractivity contribution is 7.92. The van der Waals surface area contributed by atoms with Gasteiger partial charge in [0.15, 0.2) is 0 Å². The first kappa shape index (κ1) is 18.3. The van der Waals surface area contributed by atoms with Crippen LogP contribution in [0.2, 0.25) is 0 Å². The first-order valence-corrected chi connectivity index (χ1v) is 10.00. The van der Waals surface area contributed by atoms with E-state index in [1.807, 2.05) is 13.0 Å². The van der Waals surface area contributed by atoms with Crippen molar-refractivity contribution in [1.82, 2.24) is 15.2 Å². The molecule has 0 aliphatic rings. The summed E-state index contributed by atoms with van der Waals surface area (Å²) in [6.45, 7) is 1.85. The van der Waals surface area contributed by atoms with Gasteiger partial charge in [-0.1, -0.05) is 12.1 Å². The van der Waals surface area contributed by atoms with Gasteiger partial charge in [-0.2, -0.15) is 15.6 Å². The largest absolute Gasteiger partial charge is 0.358 e. The van der Waals surface area contributed by atoms with Crippen molar-refractivity contribution in [1.29, 1.82) is 10.5 Å². The van der Waals surface area contributed by atoms with Gasteiger partial charge in [0.25, 0.3) is 10.0 Å². The zero-order chi connectivity index (χ0) is 20.6. The molecule has 0 spiro atoms. The minimum absolute atomic E-state index is 0.0397. The van der Waals surface area contributed by atoms with Crippen LogP contribution < -0.4 is 4.72 Å². The fraction of sp³-hybridized carbons (Fsp3) is 0.0500. The molecule has 0 atom stereocenters. The maximum Gasteiger partial charge on any atom is 0.262 e. The summed E-state index contributed by atoms with van der Waals surface area (Å²) in [6, 6.07) is 11.8. The second-order valence-electron chi connectivity index (χ2n) is 6.41. The van der Waals surface area contributed by atoms with Crippen LogP contribution in [0.15, 0.2) is 53.8 Å². The Hall–Kier alpha value is -4.08. The summed E-state index contributed by atoms with van der Waals surface area (Å²) in [6.07, 6.45) is 4.73. The second kappa shape index (κ2) is 6.82. The van der Waals surface area contributed by atoms with Crippen LogP contribution in [-0.2, 0) is 10.0 Å². The van der Waals surface area contributed by atoms with E-state index in [0.717, 1.165) is 5.56 Å². The van der Waals surface area contributed by atoms with Crippen molar-refractivity contribution in [2.24, 2.45) is 0 Å². The number of H-pyrrole nitrogens is 2. The molecule has 0 radical (unpaired) electrons. The molecule has 4 aromatic rings. The number of nitriles is 2. The van der Waals surface area contributed by atoms with E-state index in [1.54, 1.807) is 36.8 Å². The Balaban J connectivity index is 1.77. The number of sulfonamides is 1. The van der Waals surface area contributed by atoms with E-state index in [-0.39, 0.29) is 10.5 Å². The van der Waals surface area contributed by atoms with Crippen LogP contribution in [0.4, 0.5) is 5.69 Å². The number of nitrogens with one attached hydrogen (secondary N) is 3. The van der Waals surface area contributed by atoms with Crippen LogP contribution in [0.3, 0.4) is 0 Å². The highest BCUT2D eigenvalue weighted by atomic mass is 32.2. The number of aromatic amines is 2. The number of benzene rings is 2. The molecule has 2 aromatic heterocycles. The van der Waals surface area contributed by atoms with Gasteiger partial charge in [0.2, 0.25) is 0 Å². The van der Waals surface area contributed by atoms with Gasteiger partial charge in [-0.3, -0.25) is 9.82 Å². The Morgan fingerprint density at radius 3 is 2.55 bits per heavy atom. The fourth-order valence-electron chi connectivity index (χ4n) is 3.23. The number of aromatic nitrogens is 3. The van der Waals surface area contributed by atoms with Crippen LogP contribution in [0, 0.1) is 29.6 Å². The molecule has 8 nitrogen and oxygen atoms in total. The molecule has 9 heteroatoms. The van der Waals surface area contributed by atoms with Crippen LogP contribution in [0.25, 0.3) is 22.0 Å². The van der Waals surface area contributed by atoms with Gasteiger partial charge in [-0.05, 0) is 30.7 Å². The van der Waals surface area contributed by atoms with E-state index < -0.39 is 10.0 Å². The highest BCUT2D eigenvalue weighted by Crippen LogP contribution is 2.31. The second-order valence-corrected chi connectivity index (χ2v) is 8.09. The van der Waals surface area contributed by atoms with E-state index in [4.69, 9.17) is 0 Å². The van der Waals surface area contributed by atoms with Gasteiger partial charge in [-0.15, -0.1) is 0 Å². The Kier molecular flexibility index (Phi) is 4.30. The molecule has 0 saturated heterocycles. The number of aryl methyl sites for hydroxylation is 1. The number of rotatable bonds is 4. The standard InChI is InChI=1S/C20H14N6O2S/c1-12-2-5-18(20-19(12)14(8-22)9-23-20)26-29(27,28)16-3-4-17(13(6-16)7-21)15-10-24-25-11-15/h2-6,9-11,23,26H,1H3,(H,24,25). The predicted molar refractivity (Wildman–Crippen MR) is 107 cm³/mol. The monoisotopic (exact) mass is 402 g/mol. The average molecular weight is 402 g/mol. The summed E-state index contributed by atoms with van der Waals surface area (Å²) in [5.74, 6) is 0. The topological polar surface area (TPSA) is 138 Å². The highest BCUT2D eigenvalue weighted by Gasteiger charge is 2.20. The molecule has 142 valence electrons. The Morgan fingerprint density at radius 2 is 1.86 bits per heavy atom. The third kappa shape index (κ3) is 3.10. The smallest absolute Gasteiger partial charge is 0.262 e. The lowest BCUT2D eigenvalue weighted by Crippen LogP contribution is -2.13. The molecular weight excluding hydrogens is 388 g/mol. The molecule has 0 amide bonds. The fourth-order valence-corrected chi connectivity index (χ4v) is 4.33. The van der Waals surface area contributed by atoms with Gasteiger partial charge in [0.05, 0.1) is 39.5 Å². The number of fused-ring (bicyclic) bond motifs is 1. The average Bonchev–Trinajstić information content (AvgIpc) is 3.39. The van der Waals surface area contributed by atoms with Crippen LogP contribution in [-0.4, -0.2) is 23.6 Å². The third-order valence-electron chi connectivity index (χ3n) is 4.64. The minimum atomic E-state index is -3.96. The zero-order valence-electron chi connectivity index (χ0n) is 15.2. The van der Waals surface area contributed by atoms with Gasteiger partial charge in [0.1, 0.15) is 6.07 Å². The lowest BCUT2D eigenvalue weighted by Gasteiger charge is -2.11. The Labute approximate surface area is 166 Å². The molecule has 3 N–H and O–H groups in total. The number of hydrogen-bond acceptors (Lipinski definition) is 5. The van der Waals surface area contributed by atoms with E-state index in [2.05, 4.69) is 26.0 Å². The molecule has 4 rings (SSSR count). The lowest BCUT2D eigenvalue weighted by atomic mass is 10.0. The molecule has 29 heavy (non-hydrogen) atoms. The first-order chi connectivity index (χ1) is 13.9. The van der Waals surface area contributed by atoms with Gasteiger partial charge < -0.3 is 4.98 Å². The molecule has 2 aromatic carbocycles. The zero-order valence-corrected chi connectivity index (χ0v) is 16.0. The summed E-state index contributed by atoms with van der Waals surface area (Å²) in [7, 11) is -3.96. The number of hydrogen-bond donors (Lipinski definition) is 3. The summed E-state index contributed by atoms with van der Waals surface area (Å²) >= 11 is 0. The Morgan fingerprint density at radius 1 is 1.07 bits per heavy atom. The molecule has 0 unspecified atom stereocenters. The maximum atomic E-state index is 13.0. The molecule has 0 saturated carbocycles. The van der Waals surface area contributed by atoms with Crippen molar-refractivity contribution in [2.75, 3.05) is 4.72 Å². The van der Waals surface area contributed by atoms with Crippen molar-refractivity contribution < 1.29 is 8.42 Å². The van der Waals surface area contributed by atoms with Gasteiger partial charge >= 0.3 is 0 Å².